The molecule has 1 aromatic carbocycles. The number of benzene rings is 1. The van der Waals surface area contributed by atoms with Crippen molar-refractivity contribution in [3.63, 3.8) is 0 Å². The van der Waals surface area contributed by atoms with E-state index in [0.717, 1.165) is 19.3 Å². The fraction of sp³-hybridized carbons (Fsp3) is 0.611. The summed E-state index contributed by atoms with van der Waals surface area (Å²) in [6.45, 7) is 9.36. The second-order valence-electron chi connectivity index (χ2n) is 5.93. The second kappa shape index (κ2) is 8.71. The molecule has 0 aromatic heterocycles. The van der Waals surface area contributed by atoms with Crippen molar-refractivity contribution in [3.05, 3.63) is 29.8 Å². The van der Waals surface area contributed by atoms with E-state index in [4.69, 9.17) is 5.11 Å². The molecule has 1 rings (SSSR count). The third-order valence-corrected chi connectivity index (χ3v) is 4.27. The van der Waals surface area contributed by atoms with Crippen LogP contribution in [0.1, 0.15) is 52.0 Å². The van der Waals surface area contributed by atoms with Crippen LogP contribution < -0.4 is 4.90 Å². The smallest absolute Gasteiger partial charge is 0.305 e. The summed E-state index contributed by atoms with van der Waals surface area (Å²) in [6.07, 6.45) is 3.50. The zero-order valence-corrected chi connectivity index (χ0v) is 13.8. The fourth-order valence-electron chi connectivity index (χ4n) is 2.75. The molecule has 1 N–H and O–H groups in total. The number of nitrogens with zero attached hydrogens (tertiary/aromatic N) is 1. The molecule has 0 spiro atoms. The molecule has 21 heavy (non-hydrogen) atoms. The normalized spacial score (nSPS) is 13.7. The maximum Gasteiger partial charge on any atom is 0.305 e. The molecule has 0 bridgehead atoms. The van der Waals surface area contributed by atoms with Crippen molar-refractivity contribution in [3.8, 4) is 0 Å². The van der Waals surface area contributed by atoms with Gasteiger partial charge < -0.3 is 10.0 Å². The number of hydrogen-bond donors (Lipinski definition) is 1. The highest BCUT2D eigenvalue weighted by atomic mass is 16.4. The topological polar surface area (TPSA) is 40.5 Å². The Bertz CT molecular complexity index is 445. The molecule has 1 aromatic rings. The van der Waals surface area contributed by atoms with Crippen LogP contribution in [-0.4, -0.2) is 23.7 Å². The quantitative estimate of drug-likeness (QED) is 0.728. The molecule has 118 valence electrons. The Morgan fingerprint density at radius 3 is 2.43 bits per heavy atom. The number of anilines is 1. The minimum absolute atomic E-state index is 0.186. The lowest BCUT2D eigenvalue weighted by molar-refractivity contribution is -0.136. The van der Waals surface area contributed by atoms with Gasteiger partial charge in [0.05, 0.1) is 6.42 Å². The minimum atomic E-state index is -0.730. The average Bonchev–Trinajstić information content (AvgIpc) is 2.47. The summed E-state index contributed by atoms with van der Waals surface area (Å²) in [5.41, 5.74) is 2.39. The van der Waals surface area contributed by atoms with Gasteiger partial charge in [-0.15, -0.1) is 0 Å². The standard InChI is InChI=1S/C18H29NO2/c1-5-14(3)13-16(6-2)19(12-11-18(20)21)17-10-8-7-9-15(17)4/h7-10,14,16H,5-6,11-13H2,1-4H3,(H,20,21). The second-order valence-corrected chi connectivity index (χ2v) is 5.93. The van der Waals surface area contributed by atoms with Crippen molar-refractivity contribution in [1.29, 1.82) is 0 Å². The largest absolute Gasteiger partial charge is 0.481 e. The Hall–Kier alpha value is -1.51. The molecule has 0 aliphatic rings. The molecule has 0 saturated heterocycles. The van der Waals surface area contributed by atoms with Gasteiger partial charge in [0.15, 0.2) is 0 Å². The van der Waals surface area contributed by atoms with Crippen LogP contribution in [-0.2, 0) is 4.79 Å². The number of carboxylic acids is 1. The van der Waals surface area contributed by atoms with Crippen LogP contribution in [0.2, 0.25) is 0 Å². The van der Waals surface area contributed by atoms with Gasteiger partial charge >= 0.3 is 5.97 Å². The van der Waals surface area contributed by atoms with Crippen molar-refractivity contribution < 1.29 is 9.90 Å². The molecule has 3 heteroatoms. The van der Waals surface area contributed by atoms with Crippen LogP contribution >= 0.6 is 0 Å². The van der Waals surface area contributed by atoms with Crippen molar-refractivity contribution in [1.82, 2.24) is 0 Å². The van der Waals surface area contributed by atoms with Crippen LogP contribution in [0.5, 0.6) is 0 Å². The van der Waals surface area contributed by atoms with Gasteiger partial charge in [0, 0.05) is 18.3 Å². The SMILES string of the molecule is CCC(C)CC(CC)N(CCC(=O)O)c1ccccc1C. The molecule has 2 atom stereocenters. The van der Waals surface area contributed by atoms with Crippen molar-refractivity contribution in [2.24, 2.45) is 5.92 Å². The van der Waals surface area contributed by atoms with Crippen LogP contribution in [0.25, 0.3) is 0 Å². The average molecular weight is 291 g/mol. The maximum absolute atomic E-state index is 11.0. The molecule has 0 heterocycles. The van der Waals surface area contributed by atoms with Gasteiger partial charge in [0.25, 0.3) is 0 Å². The highest BCUT2D eigenvalue weighted by molar-refractivity contribution is 5.68. The Labute approximate surface area is 129 Å². The molecule has 3 nitrogen and oxygen atoms in total. The van der Waals surface area contributed by atoms with Crippen LogP contribution in [0, 0.1) is 12.8 Å². The number of carboxylic acid groups (broad SMARTS) is 1. The summed E-state index contributed by atoms with van der Waals surface area (Å²) < 4.78 is 0. The summed E-state index contributed by atoms with van der Waals surface area (Å²) in [5.74, 6) is -0.0710. The zero-order valence-electron chi connectivity index (χ0n) is 13.8. The number of rotatable bonds is 9. The molecule has 0 radical (unpaired) electrons. The van der Waals surface area contributed by atoms with Crippen molar-refractivity contribution >= 4 is 11.7 Å². The van der Waals surface area contributed by atoms with E-state index in [-0.39, 0.29) is 6.42 Å². The van der Waals surface area contributed by atoms with E-state index in [2.05, 4.69) is 44.7 Å². The Morgan fingerprint density at radius 1 is 1.24 bits per heavy atom. The first-order valence-electron chi connectivity index (χ1n) is 8.03. The number of aliphatic carboxylic acids is 1. The first-order valence-corrected chi connectivity index (χ1v) is 8.03. The summed E-state index contributed by atoms with van der Waals surface area (Å²) in [6, 6.07) is 8.67. The van der Waals surface area contributed by atoms with E-state index in [9.17, 15) is 4.79 Å². The van der Waals surface area contributed by atoms with Crippen molar-refractivity contribution in [2.45, 2.75) is 59.4 Å². The third-order valence-electron chi connectivity index (χ3n) is 4.27. The Morgan fingerprint density at radius 2 is 1.90 bits per heavy atom. The molecule has 0 aliphatic carbocycles. The monoisotopic (exact) mass is 291 g/mol. The molecule has 0 fully saturated rings. The van der Waals surface area contributed by atoms with E-state index in [1.165, 1.54) is 11.3 Å². The van der Waals surface area contributed by atoms with Gasteiger partial charge in [-0.25, -0.2) is 0 Å². The summed E-state index contributed by atoms with van der Waals surface area (Å²) in [7, 11) is 0. The van der Waals surface area contributed by atoms with Gasteiger partial charge in [-0.05, 0) is 37.3 Å². The van der Waals surface area contributed by atoms with Crippen molar-refractivity contribution in [2.75, 3.05) is 11.4 Å². The van der Waals surface area contributed by atoms with Crippen LogP contribution in [0.15, 0.2) is 24.3 Å². The molecular formula is C18H29NO2. The molecule has 0 aliphatic heterocycles. The molecular weight excluding hydrogens is 262 g/mol. The van der Waals surface area contributed by atoms with E-state index >= 15 is 0 Å². The van der Waals surface area contributed by atoms with E-state index in [0.29, 0.717) is 18.5 Å². The van der Waals surface area contributed by atoms with Gasteiger partial charge in [-0.2, -0.15) is 0 Å². The zero-order chi connectivity index (χ0) is 15.8. The summed E-state index contributed by atoms with van der Waals surface area (Å²) in [5, 5.41) is 9.03. The van der Waals surface area contributed by atoms with Gasteiger partial charge in [-0.1, -0.05) is 45.4 Å². The molecule has 0 amide bonds. The number of hydrogen-bond acceptors (Lipinski definition) is 2. The Balaban J connectivity index is 2.99. The number of para-hydroxylation sites is 1. The maximum atomic E-state index is 11.0. The number of aryl methyl sites for hydroxylation is 1. The van der Waals surface area contributed by atoms with E-state index in [1.807, 2.05) is 12.1 Å². The predicted molar refractivity (Wildman–Crippen MR) is 88.9 cm³/mol. The first-order chi connectivity index (χ1) is 9.99. The summed E-state index contributed by atoms with van der Waals surface area (Å²) >= 11 is 0. The highest BCUT2D eigenvalue weighted by Crippen LogP contribution is 2.27. The molecule has 2 unspecified atom stereocenters. The molecule has 0 saturated carbocycles. The van der Waals surface area contributed by atoms with Gasteiger partial charge in [0.1, 0.15) is 0 Å². The number of carbonyl (C=O) groups is 1. The van der Waals surface area contributed by atoms with Gasteiger partial charge in [0.2, 0.25) is 0 Å². The third kappa shape index (κ3) is 5.41. The summed E-state index contributed by atoms with van der Waals surface area (Å²) in [4.78, 5) is 13.3. The fourth-order valence-corrected chi connectivity index (χ4v) is 2.75. The predicted octanol–water partition coefficient (Wildman–Crippen LogP) is 4.49. The lowest BCUT2D eigenvalue weighted by Gasteiger charge is -2.35. The highest BCUT2D eigenvalue weighted by Gasteiger charge is 2.21. The van der Waals surface area contributed by atoms with Crippen LogP contribution in [0.3, 0.4) is 0 Å². The minimum Gasteiger partial charge on any atom is -0.481 e. The Kier molecular flexibility index (Phi) is 7.27. The lowest BCUT2D eigenvalue weighted by Crippen LogP contribution is -2.38. The van der Waals surface area contributed by atoms with E-state index < -0.39 is 5.97 Å². The first kappa shape index (κ1) is 17.5. The van der Waals surface area contributed by atoms with Gasteiger partial charge in [-0.3, -0.25) is 4.79 Å². The lowest BCUT2D eigenvalue weighted by atomic mass is 9.95. The van der Waals surface area contributed by atoms with Crippen LogP contribution in [0.4, 0.5) is 5.69 Å². The van der Waals surface area contributed by atoms with E-state index in [1.54, 1.807) is 0 Å².